The van der Waals surface area contributed by atoms with Gasteiger partial charge in [0.2, 0.25) is 5.82 Å². The Morgan fingerprint density at radius 2 is 2.19 bits per heavy atom. The zero-order chi connectivity index (χ0) is 17.8. The summed E-state index contributed by atoms with van der Waals surface area (Å²) in [6.07, 6.45) is 5.43. The second-order valence-corrected chi connectivity index (χ2v) is 6.30. The minimum absolute atomic E-state index is 0.256. The summed E-state index contributed by atoms with van der Waals surface area (Å²) >= 11 is 0. The molecule has 0 atom stereocenters. The number of nitrogens with zero attached hydrogens (tertiary/aromatic N) is 6. The number of hydrogen-bond acceptors (Lipinski definition) is 7. The maximum atomic E-state index is 9.21. The van der Waals surface area contributed by atoms with Crippen molar-refractivity contribution in [2.45, 2.75) is 25.8 Å². The molecule has 1 fully saturated rings. The second kappa shape index (κ2) is 7.33. The molecule has 0 spiro atoms. The number of aromatic amines is 2. The Bertz CT molecular complexity index is 942. The van der Waals surface area contributed by atoms with Crippen molar-refractivity contribution in [3.05, 3.63) is 36.0 Å². The lowest BCUT2D eigenvalue weighted by molar-refractivity contribution is 0.216. The van der Waals surface area contributed by atoms with Crippen LogP contribution < -0.4 is 5.32 Å². The maximum absolute atomic E-state index is 9.21. The second-order valence-electron chi connectivity index (χ2n) is 6.30. The van der Waals surface area contributed by atoms with Crippen molar-refractivity contribution in [2.75, 3.05) is 18.4 Å². The molecule has 0 saturated carbocycles. The number of aromatic nitrogens is 6. The van der Waals surface area contributed by atoms with E-state index in [1.54, 1.807) is 6.20 Å². The number of anilines is 1. The monoisotopic (exact) mass is 349 g/mol. The summed E-state index contributed by atoms with van der Waals surface area (Å²) in [5.41, 5.74) is 3.05. The van der Waals surface area contributed by atoms with Gasteiger partial charge in [-0.15, -0.1) is 10.2 Å². The average Bonchev–Trinajstić information content (AvgIpc) is 3.32. The molecule has 4 rings (SSSR count). The van der Waals surface area contributed by atoms with Gasteiger partial charge in [0, 0.05) is 11.9 Å². The van der Waals surface area contributed by atoms with Gasteiger partial charge in [-0.3, -0.25) is 4.90 Å². The molecule has 0 unspecified atom stereocenters. The van der Waals surface area contributed by atoms with Crippen molar-refractivity contribution in [3.63, 3.8) is 0 Å². The molecule has 0 aliphatic carbocycles. The van der Waals surface area contributed by atoms with E-state index < -0.39 is 0 Å². The van der Waals surface area contributed by atoms with E-state index in [2.05, 4.69) is 40.8 Å². The van der Waals surface area contributed by atoms with Crippen molar-refractivity contribution in [1.29, 1.82) is 5.26 Å². The van der Waals surface area contributed by atoms with Gasteiger partial charge in [0.1, 0.15) is 17.5 Å². The number of H-pyrrole nitrogens is 2. The highest BCUT2D eigenvalue weighted by molar-refractivity contribution is 5.81. The lowest BCUT2D eigenvalue weighted by Crippen LogP contribution is -2.29. The number of benzene rings is 1. The number of fused-ring (bicyclic) bond motifs is 1. The summed E-state index contributed by atoms with van der Waals surface area (Å²) in [5.74, 6) is 1.24. The van der Waals surface area contributed by atoms with Gasteiger partial charge in [0.15, 0.2) is 0 Å². The summed E-state index contributed by atoms with van der Waals surface area (Å²) < 4.78 is 0. The van der Waals surface area contributed by atoms with E-state index in [0.717, 1.165) is 42.2 Å². The number of piperidine rings is 1. The molecule has 0 radical (unpaired) electrons. The number of hydrogen-bond donors (Lipinski definition) is 3. The van der Waals surface area contributed by atoms with E-state index in [1.165, 1.54) is 19.3 Å². The first-order valence-electron chi connectivity index (χ1n) is 8.63. The first-order chi connectivity index (χ1) is 12.8. The highest BCUT2D eigenvalue weighted by Crippen LogP contribution is 2.20. The third-order valence-corrected chi connectivity index (χ3v) is 4.44. The minimum atomic E-state index is 0.256. The Morgan fingerprint density at radius 3 is 2.96 bits per heavy atom. The summed E-state index contributed by atoms with van der Waals surface area (Å²) in [6, 6.07) is 7.91. The lowest BCUT2D eigenvalue weighted by atomic mass is 10.1. The Labute approximate surface area is 150 Å². The predicted molar refractivity (Wildman–Crippen MR) is 96.6 cm³/mol. The van der Waals surface area contributed by atoms with Gasteiger partial charge >= 0.3 is 0 Å². The minimum Gasteiger partial charge on any atom is -0.360 e. The Balaban J connectivity index is 1.49. The molecule has 0 bridgehead atoms. The van der Waals surface area contributed by atoms with Gasteiger partial charge in [-0.2, -0.15) is 10.5 Å². The normalized spacial score (nSPS) is 15.9. The number of allylic oxidation sites excluding steroid dienone is 1. The number of tetrazole rings is 1. The standard InChI is InChI=1S/C17H19N9/c18-9-12(17-22-24-25-23-17)10-19-13-4-5-14-15(8-13)21-16(20-14)11-26-6-2-1-3-7-26/h4-5,8,10,19H,1-3,6-7,11H2,(H,20,21)(H,22,23,24,25). The smallest absolute Gasteiger partial charge is 0.216 e. The van der Waals surface area contributed by atoms with Crippen LogP contribution >= 0.6 is 0 Å². The molecular formula is C17H19N9. The molecule has 3 heterocycles. The summed E-state index contributed by atoms with van der Waals surface area (Å²) in [5, 5.41) is 25.7. The van der Waals surface area contributed by atoms with Crippen LogP contribution in [-0.2, 0) is 6.54 Å². The molecule has 9 nitrogen and oxygen atoms in total. The lowest BCUT2D eigenvalue weighted by Gasteiger charge is -2.25. The van der Waals surface area contributed by atoms with Crippen molar-refractivity contribution in [3.8, 4) is 6.07 Å². The molecule has 9 heteroatoms. The topological polar surface area (TPSA) is 122 Å². The fourth-order valence-electron chi connectivity index (χ4n) is 3.13. The zero-order valence-electron chi connectivity index (χ0n) is 14.2. The summed E-state index contributed by atoms with van der Waals surface area (Å²) in [6.45, 7) is 3.14. The van der Waals surface area contributed by atoms with Crippen molar-refractivity contribution >= 4 is 22.3 Å². The molecule has 2 aromatic heterocycles. The molecule has 1 saturated heterocycles. The van der Waals surface area contributed by atoms with E-state index in [9.17, 15) is 5.26 Å². The number of imidazole rings is 1. The third kappa shape index (κ3) is 3.55. The highest BCUT2D eigenvalue weighted by Gasteiger charge is 2.13. The first-order valence-corrected chi connectivity index (χ1v) is 8.63. The fourth-order valence-corrected chi connectivity index (χ4v) is 3.13. The molecule has 1 aromatic carbocycles. The Kier molecular flexibility index (Phi) is 4.57. The van der Waals surface area contributed by atoms with Crippen molar-refractivity contribution < 1.29 is 0 Å². The number of nitriles is 1. The van der Waals surface area contributed by atoms with Crippen LogP contribution in [0.3, 0.4) is 0 Å². The van der Waals surface area contributed by atoms with Gasteiger partial charge in [-0.25, -0.2) is 4.98 Å². The predicted octanol–water partition coefficient (Wildman–Crippen LogP) is 2.04. The number of likely N-dealkylation sites (tertiary alicyclic amines) is 1. The van der Waals surface area contributed by atoms with Crippen molar-refractivity contribution in [1.82, 2.24) is 35.5 Å². The SMILES string of the molecule is N#CC(=CNc1ccc2nc(CN3CCCCC3)[nH]c2c1)c1nn[nH]n1. The van der Waals surface area contributed by atoms with E-state index >= 15 is 0 Å². The van der Waals surface area contributed by atoms with Crippen LogP contribution in [0, 0.1) is 11.3 Å². The molecule has 3 aromatic rings. The van der Waals surface area contributed by atoms with Crippen LogP contribution in [0.25, 0.3) is 16.6 Å². The zero-order valence-corrected chi connectivity index (χ0v) is 14.2. The molecule has 1 aliphatic heterocycles. The molecule has 132 valence electrons. The van der Waals surface area contributed by atoms with Crippen molar-refractivity contribution in [2.24, 2.45) is 0 Å². The van der Waals surface area contributed by atoms with Gasteiger partial charge < -0.3 is 10.3 Å². The van der Waals surface area contributed by atoms with E-state index in [4.69, 9.17) is 0 Å². The molecule has 26 heavy (non-hydrogen) atoms. The fraction of sp³-hybridized carbons (Fsp3) is 0.353. The van der Waals surface area contributed by atoms with E-state index in [0.29, 0.717) is 5.57 Å². The van der Waals surface area contributed by atoms with Crippen LogP contribution in [0.4, 0.5) is 5.69 Å². The molecule has 3 N–H and O–H groups in total. The first kappa shape index (κ1) is 16.2. The van der Waals surface area contributed by atoms with Crippen LogP contribution in [0.1, 0.15) is 30.9 Å². The quantitative estimate of drug-likeness (QED) is 0.602. The van der Waals surface area contributed by atoms with Crippen LogP contribution in [0.15, 0.2) is 24.4 Å². The van der Waals surface area contributed by atoms with Gasteiger partial charge in [-0.05, 0) is 49.3 Å². The van der Waals surface area contributed by atoms with Gasteiger partial charge in [0.25, 0.3) is 0 Å². The largest absolute Gasteiger partial charge is 0.360 e. The maximum Gasteiger partial charge on any atom is 0.216 e. The molecule has 1 aliphatic rings. The summed E-state index contributed by atoms with van der Waals surface area (Å²) in [7, 11) is 0. The number of nitrogens with one attached hydrogen (secondary N) is 3. The number of rotatable bonds is 5. The average molecular weight is 349 g/mol. The van der Waals surface area contributed by atoms with Gasteiger partial charge in [-0.1, -0.05) is 6.42 Å². The van der Waals surface area contributed by atoms with E-state index in [1.807, 2.05) is 24.3 Å². The van der Waals surface area contributed by atoms with E-state index in [-0.39, 0.29) is 5.82 Å². The molecule has 0 amide bonds. The highest BCUT2D eigenvalue weighted by atomic mass is 15.5. The van der Waals surface area contributed by atoms with Crippen LogP contribution in [0.5, 0.6) is 0 Å². The van der Waals surface area contributed by atoms with Crippen LogP contribution in [0.2, 0.25) is 0 Å². The van der Waals surface area contributed by atoms with Crippen LogP contribution in [-0.4, -0.2) is 48.6 Å². The Morgan fingerprint density at radius 1 is 1.31 bits per heavy atom. The van der Waals surface area contributed by atoms with Gasteiger partial charge in [0.05, 0.1) is 17.6 Å². The summed E-state index contributed by atoms with van der Waals surface area (Å²) in [4.78, 5) is 10.5. The molecular weight excluding hydrogens is 330 g/mol. The Hall–Kier alpha value is -3.25. The third-order valence-electron chi connectivity index (χ3n) is 4.44.